The lowest BCUT2D eigenvalue weighted by molar-refractivity contribution is -0.128. The fraction of sp³-hybridized carbons (Fsp3) is 0.333. The molecule has 1 aliphatic rings. The Morgan fingerprint density at radius 1 is 1.15 bits per heavy atom. The van der Waals surface area contributed by atoms with Crippen LogP contribution in [0.3, 0.4) is 0 Å². The highest BCUT2D eigenvalue weighted by Crippen LogP contribution is 2.44. The molecule has 3 aromatic rings. The van der Waals surface area contributed by atoms with Crippen LogP contribution in [0.2, 0.25) is 0 Å². The van der Waals surface area contributed by atoms with Gasteiger partial charge in [0.15, 0.2) is 11.6 Å². The Labute approximate surface area is 233 Å². The quantitative estimate of drug-likeness (QED) is 0.128. The Bertz CT molecular complexity index is 1390. The van der Waals surface area contributed by atoms with Gasteiger partial charge in [-0.15, -0.1) is 0 Å². The van der Waals surface area contributed by atoms with Crippen molar-refractivity contribution in [3.05, 3.63) is 99.9 Å². The van der Waals surface area contributed by atoms with E-state index in [9.17, 15) is 4.79 Å². The van der Waals surface area contributed by atoms with Crippen LogP contribution in [0.15, 0.2) is 82.9 Å². The van der Waals surface area contributed by atoms with E-state index in [2.05, 4.69) is 15.3 Å². The largest absolute Gasteiger partial charge is 0.497 e. The second kappa shape index (κ2) is 13.5. The summed E-state index contributed by atoms with van der Waals surface area (Å²) in [7, 11) is 1.58. The number of aliphatic imine (C=N–C) groups is 1. The topological polar surface area (TPSA) is 138 Å². The number of nitrogens with one attached hydrogen (secondary N) is 1. The molecule has 10 nitrogen and oxygen atoms in total. The van der Waals surface area contributed by atoms with Gasteiger partial charge in [0.05, 0.1) is 13.7 Å². The van der Waals surface area contributed by atoms with Crippen molar-refractivity contribution in [1.82, 2.24) is 5.32 Å². The number of nitrogens with zero attached hydrogens (tertiary/aromatic N) is 4. The Morgan fingerprint density at radius 2 is 1.95 bits per heavy atom. The molecule has 1 amide bonds. The zero-order valence-electron chi connectivity index (χ0n) is 22.6. The molecule has 0 bridgehead atoms. The first-order chi connectivity index (χ1) is 19.5. The van der Waals surface area contributed by atoms with Gasteiger partial charge in [0.25, 0.3) is 5.91 Å². The molecule has 1 aliphatic heterocycles. The number of amides is 1. The average molecular weight is 544 g/mol. The Morgan fingerprint density at radius 3 is 2.67 bits per heavy atom. The monoisotopic (exact) mass is 543 g/mol. The third kappa shape index (κ3) is 6.36. The number of aliphatic hydroxyl groups is 1. The minimum Gasteiger partial charge on any atom is -0.497 e. The maximum absolute atomic E-state index is 14.0. The van der Waals surface area contributed by atoms with E-state index in [1.165, 1.54) is 0 Å². The Hall–Kier alpha value is -4.53. The number of aliphatic hydroxyl groups excluding tert-OH is 1. The van der Waals surface area contributed by atoms with E-state index in [0.29, 0.717) is 53.8 Å². The standard InChI is InChI=1S/C30H33N5O5/c1-3-16-32-29(37)30(20-23-8-4-5-11-26(23)34-35-31)27(22-9-6-10-25(19-22)38-2)40-28(33-30)21-12-14-24(15-13-21)39-18-7-17-36/h4-6,8-15,19,27,36H,3,7,16-18,20H2,1-2H3,(H,32,37)/t27-,30-/m1/s1. The first-order valence-electron chi connectivity index (χ1n) is 13.2. The van der Waals surface area contributed by atoms with Gasteiger partial charge in [0.2, 0.25) is 5.90 Å². The molecule has 10 heteroatoms. The van der Waals surface area contributed by atoms with Gasteiger partial charge in [-0.25, -0.2) is 4.99 Å². The van der Waals surface area contributed by atoms with Crippen molar-refractivity contribution >= 4 is 17.5 Å². The molecule has 4 rings (SSSR count). The van der Waals surface area contributed by atoms with Crippen molar-refractivity contribution in [2.45, 2.75) is 37.8 Å². The molecule has 0 radical (unpaired) electrons. The van der Waals surface area contributed by atoms with Gasteiger partial charge in [-0.2, -0.15) is 0 Å². The van der Waals surface area contributed by atoms with Gasteiger partial charge in [-0.05, 0) is 59.5 Å². The van der Waals surface area contributed by atoms with E-state index < -0.39 is 11.6 Å². The van der Waals surface area contributed by atoms with E-state index in [-0.39, 0.29) is 18.9 Å². The smallest absolute Gasteiger partial charge is 0.252 e. The number of hydrogen-bond acceptors (Lipinski definition) is 7. The lowest BCUT2D eigenvalue weighted by Crippen LogP contribution is -2.50. The molecular weight excluding hydrogens is 510 g/mol. The third-order valence-electron chi connectivity index (χ3n) is 6.57. The number of methoxy groups -OCH3 is 1. The van der Waals surface area contributed by atoms with Crippen LogP contribution in [0.5, 0.6) is 11.5 Å². The highest BCUT2D eigenvalue weighted by Gasteiger charge is 2.53. The number of rotatable bonds is 13. The summed E-state index contributed by atoms with van der Waals surface area (Å²) in [6.07, 6.45) is 0.614. The number of azide groups is 1. The molecule has 2 atom stereocenters. The SMILES string of the molecule is CCCNC(=O)[C@]1(Cc2ccccc2N=[N+]=[N-])N=C(c2ccc(OCCCO)cc2)O[C@@H]1c1cccc(OC)c1. The van der Waals surface area contributed by atoms with Gasteiger partial charge in [0, 0.05) is 42.2 Å². The molecule has 0 aliphatic carbocycles. The maximum Gasteiger partial charge on any atom is 0.252 e. The summed E-state index contributed by atoms with van der Waals surface area (Å²) < 4.78 is 17.6. The molecule has 0 aromatic heterocycles. The van der Waals surface area contributed by atoms with Gasteiger partial charge >= 0.3 is 0 Å². The van der Waals surface area contributed by atoms with Gasteiger partial charge in [-0.1, -0.05) is 48.4 Å². The lowest BCUT2D eigenvalue weighted by atomic mass is 9.81. The summed E-state index contributed by atoms with van der Waals surface area (Å²) in [5, 5.41) is 15.9. The molecule has 1 heterocycles. The van der Waals surface area contributed by atoms with Crippen molar-refractivity contribution < 1.29 is 24.1 Å². The Balaban J connectivity index is 1.83. The molecule has 0 unspecified atom stereocenters. The van der Waals surface area contributed by atoms with Crippen LogP contribution in [-0.2, 0) is 16.0 Å². The van der Waals surface area contributed by atoms with Crippen molar-refractivity contribution in [3.8, 4) is 11.5 Å². The molecular formula is C30H33N5O5. The molecule has 0 saturated heterocycles. The predicted molar refractivity (Wildman–Crippen MR) is 152 cm³/mol. The lowest BCUT2D eigenvalue weighted by Gasteiger charge is -2.31. The predicted octanol–water partition coefficient (Wildman–Crippen LogP) is 5.42. The number of benzene rings is 3. The highest BCUT2D eigenvalue weighted by atomic mass is 16.5. The number of carbonyl (C=O) groups excluding carboxylic acids is 1. The molecule has 3 aromatic carbocycles. The summed E-state index contributed by atoms with van der Waals surface area (Å²) in [6.45, 7) is 2.90. The number of ether oxygens (including phenoxy) is 3. The third-order valence-corrected chi connectivity index (χ3v) is 6.57. The van der Waals surface area contributed by atoms with E-state index in [0.717, 1.165) is 12.0 Å². The van der Waals surface area contributed by atoms with Gasteiger partial charge in [0.1, 0.15) is 11.5 Å². The van der Waals surface area contributed by atoms with E-state index >= 15 is 0 Å². The van der Waals surface area contributed by atoms with Gasteiger partial charge < -0.3 is 24.6 Å². The fourth-order valence-corrected chi connectivity index (χ4v) is 4.57. The van der Waals surface area contributed by atoms with Crippen LogP contribution in [0.25, 0.3) is 10.4 Å². The summed E-state index contributed by atoms with van der Waals surface area (Å²) in [6, 6.07) is 21.8. The molecule has 208 valence electrons. The molecule has 40 heavy (non-hydrogen) atoms. The average Bonchev–Trinajstić information content (AvgIpc) is 3.38. The second-order valence-electron chi connectivity index (χ2n) is 9.32. The Kier molecular flexibility index (Phi) is 9.62. The van der Waals surface area contributed by atoms with E-state index in [1.54, 1.807) is 31.4 Å². The number of carbonyl (C=O) groups is 1. The van der Waals surface area contributed by atoms with E-state index in [1.807, 2.05) is 55.5 Å². The second-order valence-corrected chi connectivity index (χ2v) is 9.32. The van der Waals surface area contributed by atoms with Crippen molar-refractivity contribution in [2.75, 3.05) is 26.9 Å². The van der Waals surface area contributed by atoms with Crippen molar-refractivity contribution in [2.24, 2.45) is 10.1 Å². The van der Waals surface area contributed by atoms with Crippen LogP contribution in [0, 0.1) is 0 Å². The van der Waals surface area contributed by atoms with Crippen LogP contribution in [0.1, 0.15) is 42.6 Å². The maximum atomic E-state index is 14.0. The van der Waals surface area contributed by atoms with Crippen LogP contribution in [-0.4, -0.2) is 49.3 Å². The molecule has 2 N–H and O–H groups in total. The van der Waals surface area contributed by atoms with Crippen LogP contribution < -0.4 is 14.8 Å². The summed E-state index contributed by atoms with van der Waals surface area (Å²) in [4.78, 5) is 22.0. The van der Waals surface area contributed by atoms with Crippen LogP contribution in [0.4, 0.5) is 5.69 Å². The minimum absolute atomic E-state index is 0.0549. The summed E-state index contributed by atoms with van der Waals surface area (Å²) in [5.74, 6) is 1.28. The minimum atomic E-state index is -1.41. The normalized spacial score (nSPS) is 17.8. The summed E-state index contributed by atoms with van der Waals surface area (Å²) in [5.41, 5.74) is 10.2. The highest BCUT2D eigenvalue weighted by molar-refractivity contribution is 6.01. The van der Waals surface area contributed by atoms with Gasteiger partial charge in [-0.3, -0.25) is 4.79 Å². The van der Waals surface area contributed by atoms with Crippen LogP contribution >= 0.6 is 0 Å². The molecule has 0 spiro atoms. The number of hydrogen-bond donors (Lipinski definition) is 2. The molecule has 0 fully saturated rings. The first-order valence-corrected chi connectivity index (χ1v) is 13.2. The van der Waals surface area contributed by atoms with Crippen molar-refractivity contribution in [1.29, 1.82) is 0 Å². The first kappa shape index (κ1) is 28.5. The fourth-order valence-electron chi connectivity index (χ4n) is 4.57. The molecule has 0 saturated carbocycles. The van der Waals surface area contributed by atoms with E-state index in [4.69, 9.17) is 29.8 Å². The van der Waals surface area contributed by atoms with Crippen molar-refractivity contribution in [3.63, 3.8) is 0 Å². The zero-order valence-corrected chi connectivity index (χ0v) is 22.6. The summed E-state index contributed by atoms with van der Waals surface area (Å²) >= 11 is 0. The zero-order chi connectivity index (χ0) is 28.4.